The molecule has 1 unspecified atom stereocenters. The first kappa shape index (κ1) is 30.8. The summed E-state index contributed by atoms with van der Waals surface area (Å²) in [5, 5.41) is 8.09. The number of amidine groups is 2. The van der Waals surface area contributed by atoms with Crippen LogP contribution in [0.1, 0.15) is 22.9 Å². The highest BCUT2D eigenvalue weighted by Crippen LogP contribution is 2.39. The number of furan rings is 1. The molecule has 1 aliphatic heterocycles. The number of hydrogen-bond acceptors (Lipinski definition) is 4. The van der Waals surface area contributed by atoms with E-state index in [0.717, 1.165) is 61.4 Å². The number of hydrogen-bond donors (Lipinski definition) is 1. The third-order valence-electron chi connectivity index (χ3n) is 10.2. The summed E-state index contributed by atoms with van der Waals surface area (Å²) in [6, 6.07) is 65.8. The Labute approximate surface area is 307 Å². The van der Waals surface area contributed by atoms with Gasteiger partial charge in [0.2, 0.25) is 0 Å². The molecule has 250 valence electrons. The van der Waals surface area contributed by atoms with Crippen LogP contribution < -0.4 is 5.32 Å². The molecule has 1 atom stereocenters. The van der Waals surface area contributed by atoms with Crippen LogP contribution in [0.4, 0.5) is 0 Å². The second-order valence-corrected chi connectivity index (χ2v) is 13.4. The normalized spacial score (nSPS) is 14.2. The lowest BCUT2D eigenvalue weighted by Gasteiger charge is -2.23. The molecule has 0 fully saturated rings. The van der Waals surface area contributed by atoms with Gasteiger partial charge in [-0.2, -0.15) is 0 Å². The van der Waals surface area contributed by atoms with Gasteiger partial charge in [0.15, 0.2) is 6.17 Å². The molecule has 0 saturated heterocycles. The second kappa shape index (κ2) is 12.9. The molecule has 2 heterocycles. The fraction of sp³-hybridized carbons (Fsp3) is 0.0204. The van der Waals surface area contributed by atoms with Gasteiger partial charge < -0.3 is 9.73 Å². The topological polar surface area (TPSA) is 49.9 Å². The summed E-state index contributed by atoms with van der Waals surface area (Å²) in [7, 11) is 0. The molecule has 0 radical (unpaired) electrons. The summed E-state index contributed by atoms with van der Waals surface area (Å²) in [6.07, 6.45) is -0.478. The molecule has 53 heavy (non-hydrogen) atoms. The Bertz CT molecular complexity index is 2830. The van der Waals surface area contributed by atoms with Crippen molar-refractivity contribution in [1.82, 2.24) is 5.32 Å². The number of nitrogens with one attached hydrogen (secondary N) is 1. The number of fused-ring (bicyclic) bond motifs is 4. The molecule has 0 spiro atoms. The Morgan fingerprint density at radius 1 is 0.396 bits per heavy atom. The lowest BCUT2D eigenvalue weighted by Crippen LogP contribution is -2.36. The van der Waals surface area contributed by atoms with E-state index >= 15 is 0 Å². The Morgan fingerprint density at radius 3 is 1.62 bits per heavy atom. The third kappa shape index (κ3) is 5.67. The highest BCUT2D eigenvalue weighted by molar-refractivity contribution is 6.16. The van der Waals surface area contributed by atoms with E-state index in [1.807, 2.05) is 36.4 Å². The van der Waals surface area contributed by atoms with Crippen molar-refractivity contribution < 1.29 is 4.42 Å². The van der Waals surface area contributed by atoms with Crippen molar-refractivity contribution in [2.45, 2.75) is 6.17 Å². The zero-order valence-electron chi connectivity index (χ0n) is 28.8. The molecule has 0 saturated carbocycles. The SMILES string of the molecule is c1ccc(C2=NC(c3cccc4oc5cc(-c6cccc7ccccc67)ccc5c34)N=C(c3ccc(-c4ccc(-c5ccccc5)cc4)cc3)N2)cc1. The van der Waals surface area contributed by atoms with Gasteiger partial charge in [0, 0.05) is 27.5 Å². The summed E-state index contributed by atoms with van der Waals surface area (Å²) in [6.45, 7) is 0. The number of rotatable bonds is 6. The summed E-state index contributed by atoms with van der Waals surface area (Å²) < 4.78 is 6.56. The zero-order chi connectivity index (χ0) is 35.1. The molecule has 0 bridgehead atoms. The van der Waals surface area contributed by atoms with E-state index in [1.54, 1.807) is 0 Å². The minimum Gasteiger partial charge on any atom is -0.456 e. The molecule has 9 aromatic rings. The lowest BCUT2D eigenvalue weighted by molar-refractivity contribution is 0.668. The van der Waals surface area contributed by atoms with Crippen molar-refractivity contribution in [2.75, 3.05) is 0 Å². The lowest BCUT2D eigenvalue weighted by atomic mass is 9.96. The summed E-state index contributed by atoms with van der Waals surface area (Å²) in [5.74, 6) is 1.56. The highest BCUT2D eigenvalue weighted by atomic mass is 16.3. The summed E-state index contributed by atoms with van der Waals surface area (Å²) in [4.78, 5) is 10.5. The van der Waals surface area contributed by atoms with Crippen LogP contribution in [0.25, 0.3) is 66.1 Å². The van der Waals surface area contributed by atoms with Crippen LogP contribution in [-0.2, 0) is 0 Å². The minimum absolute atomic E-state index is 0.478. The average molecular weight is 680 g/mol. The predicted molar refractivity (Wildman–Crippen MR) is 219 cm³/mol. The van der Waals surface area contributed by atoms with E-state index in [1.165, 1.54) is 33.0 Å². The molecular weight excluding hydrogens is 647 g/mol. The van der Waals surface area contributed by atoms with E-state index in [0.29, 0.717) is 0 Å². The Hall–Kier alpha value is -7.04. The monoisotopic (exact) mass is 679 g/mol. The van der Waals surface area contributed by atoms with Gasteiger partial charge >= 0.3 is 0 Å². The Kier molecular flexibility index (Phi) is 7.51. The van der Waals surface area contributed by atoms with Crippen LogP contribution in [-0.4, -0.2) is 11.7 Å². The average Bonchev–Trinajstić information content (AvgIpc) is 3.62. The van der Waals surface area contributed by atoms with E-state index in [2.05, 4.69) is 157 Å². The van der Waals surface area contributed by atoms with Crippen molar-refractivity contribution >= 4 is 44.4 Å². The molecule has 10 rings (SSSR count). The van der Waals surface area contributed by atoms with Gasteiger partial charge in [-0.05, 0) is 62.4 Å². The maximum Gasteiger partial charge on any atom is 0.170 e. The predicted octanol–water partition coefficient (Wildman–Crippen LogP) is 12.2. The van der Waals surface area contributed by atoms with Gasteiger partial charge in [-0.1, -0.05) is 170 Å². The smallest absolute Gasteiger partial charge is 0.170 e. The van der Waals surface area contributed by atoms with Crippen LogP contribution in [0.2, 0.25) is 0 Å². The van der Waals surface area contributed by atoms with Crippen LogP contribution in [0.15, 0.2) is 202 Å². The van der Waals surface area contributed by atoms with Crippen molar-refractivity contribution in [3.63, 3.8) is 0 Å². The Morgan fingerprint density at radius 2 is 0.925 bits per heavy atom. The van der Waals surface area contributed by atoms with Crippen LogP contribution >= 0.6 is 0 Å². The molecule has 0 aliphatic carbocycles. The minimum atomic E-state index is -0.478. The van der Waals surface area contributed by atoms with Crippen molar-refractivity contribution in [1.29, 1.82) is 0 Å². The van der Waals surface area contributed by atoms with Crippen LogP contribution in [0.3, 0.4) is 0 Å². The van der Waals surface area contributed by atoms with Gasteiger partial charge in [-0.15, -0.1) is 0 Å². The fourth-order valence-electron chi connectivity index (χ4n) is 7.50. The van der Waals surface area contributed by atoms with Crippen molar-refractivity contribution in [3.8, 4) is 33.4 Å². The number of aliphatic imine (C=N–C) groups is 2. The van der Waals surface area contributed by atoms with Crippen LogP contribution in [0, 0.1) is 0 Å². The zero-order valence-corrected chi connectivity index (χ0v) is 28.8. The van der Waals surface area contributed by atoms with Gasteiger partial charge in [-0.25, -0.2) is 9.98 Å². The van der Waals surface area contributed by atoms with Gasteiger partial charge in [0.05, 0.1) is 0 Å². The first-order chi connectivity index (χ1) is 26.2. The standard InChI is InChI=1S/C49H33N3O/c1-3-11-32(12-4-1)33-21-23-34(24-22-33)35-25-27-38(28-26-35)48-50-47(37-14-5-2-6-15-37)51-49(52-48)43-19-10-20-44-46(43)42-30-29-39(31-45(42)53-44)41-18-9-16-36-13-7-8-17-40(36)41/h1-31,49H,(H,50,51,52). The quantitative estimate of drug-likeness (QED) is 0.190. The first-order valence-corrected chi connectivity index (χ1v) is 17.9. The highest BCUT2D eigenvalue weighted by Gasteiger charge is 2.24. The molecule has 4 nitrogen and oxygen atoms in total. The van der Waals surface area contributed by atoms with E-state index in [9.17, 15) is 0 Å². The molecule has 8 aromatic carbocycles. The fourth-order valence-corrected chi connectivity index (χ4v) is 7.50. The maximum atomic E-state index is 6.56. The Balaban J connectivity index is 1.03. The molecule has 1 aromatic heterocycles. The molecule has 0 amide bonds. The van der Waals surface area contributed by atoms with Crippen molar-refractivity contribution in [2.24, 2.45) is 9.98 Å². The van der Waals surface area contributed by atoms with E-state index < -0.39 is 6.17 Å². The number of benzene rings is 8. The molecule has 1 aliphatic rings. The van der Waals surface area contributed by atoms with E-state index in [4.69, 9.17) is 14.4 Å². The molecule has 4 heteroatoms. The van der Waals surface area contributed by atoms with Crippen LogP contribution in [0.5, 0.6) is 0 Å². The second-order valence-electron chi connectivity index (χ2n) is 13.4. The third-order valence-corrected chi connectivity index (χ3v) is 10.2. The first-order valence-electron chi connectivity index (χ1n) is 17.9. The largest absolute Gasteiger partial charge is 0.456 e. The maximum absolute atomic E-state index is 6.56. The van der Waals surface area contributed by atoms with Gasteiger partial charge in [0.25, 0.3) is 0 Å². The summed E-state index contributed by atoms with van der Waals surface area (Å²) >= 11 is 0. The van der Waals surface area contributed by atoms with E-state index in [-0.39, 0.29) is 0 Å². The molecule has 1 N–H and O–H groups in total. The van der Waals surface area contributed by atoms with Gasteiger partial charge in [-0.3, -0.25) is 0 Å². The summed E-state index contributed by atoms with van der Waals surface area (Å²) in [5.41, 5.74) is 11.7. The van der Waals surface area contributed by atoms with Gasteiger partial charge in [0.1, 0.15) is 22.8 Å². The molecular formula is C49H33N3O. The number of nitrogens with zero attached hydrogens (tertiary/aromatic N) is 2. The van der Waals surface area contributed by atoms with Crippen molar-refractivity contribution in [3.05, 3.63) is 205 Å².